The van der Waals surface area contributed by atoms with Gasteiger partial charge in [-0.3, -0.25) is 9.59 Å². The molecule has 6 heteroatoms. The Morgan fingerprint density at radius 1 is 1.08 bits per heavy atom. The number of rotatable bonds is 5. The van der Waals surface area contributed by atoms with Crippen LogP contribution in [0.1, 0.15) is 11.1 Å². The first-order valence-electron chi connectivity index (χ1n) is 7.48. The van der Waals surface area contributed by atoms with Crippen LogP contribution in [0.15, 0.2) is 42.5 Å². The van der Waals surface area contributed by atoms with Gasteiger partial charge >= 0.3 is 11.8 Å². The summed E-state index contributed by atoms with van der Waals surface area (Å²) in [5.41, 5.74) is 2.43. The number of aryl methyl sites for hydroxylation is 1. The van der Waals surface area contributed by atoms with Gasteiger partial charge in [-0.25, -0.2) is 0 Å². The lowest BCUT2D eigenvalue weighted by atomic mass is 10.1. The summed E-state index contributed by atoms with van der Waals surface area (Å²) in [6.07, 6.45) is 0.624. The zero-order valence-corrected chi connectivity index (χ0v) is 14.3. The molecule has 2 N–H and O–H groups in total. The number of carbonyl (C=O) groups is 2. The average molecular weight is 347 g/mol. The van der Waals surface area contributed by atoms with Crippen LogP contribution in [0, 0.1) is 6.92 Å². The number of halogens is 1. The van der Waals surface area contributed by atoms with Crippen LogP contribution in [0.5, 0.6) is 5.75 Å². The first-order valence-corrected chi connectivity index (χ1v) is 7.85. The van der Waals surface area contributed by atoms with Crippen molar-refractivity contribution in [1.29, 1.82) is 0 Å². The van der Waals surface area contributed by atoms with Crippen LogP contribution < -0.4 is 15.4 Å². The summed E-state index contributed by atoms with van der Waals surface area (Å²) in [5.74, 6) is -0.621. The van der Waals surface area contributed by atoms with Crippen LogP contribution in [0.2, 0.25) is 5.02 Å². The number of hydrogen-bond acceptors (Lipinski definition) is 3. The predicted molar refractivity (Wildman–Crippen MR) is 94.5 cm³/mol. The molecule has 2 rings (SSSR count). The van der Waals surface area contributed by atoms with E-state index < -0.39 is 11.8 Å². The Kier molecular flexibility index (Phi) is 6.21. The highest BCUT2D eigenvalue weighted by Gasteiger charge is 2.13. The van der Waals surface area contributed by atoms with E-state index in [2.05, 4.69) is 10.6 Å². The average Bonchev–Trinajstić information content (AvgIpc) is 2.58. The molecule has 0 unspecified atom stereocenters. The normalized spacial score (nSPS) is 10.1. The summed E-state index contributed by atoms with van der Waals surface area (Å²) in [5, 5.41) is 5.65. The number of carbonyl (C=O) groups excluding carboxylic acids is 2. The van der Waals surface area contributed by atoms with Crippen LogP contribution in [-0.4, -0.2) is 25.5 Å². The number of anilines is 1. The minimum atomic E-state index is -0.718. The number of nitrogens with one attached hydrogen (secondary N) is 2. The van der Waals surface area contributed by atoms with Gasteiger partial charge in [-0.05, 0) is 48.7 Å². The van der Waals surface area contributed by atoms with Crippen molar-refractivity contribution < 1.29 is 14.3 Å². The zero-order valence-electron chi connectivity index (χ0n) is 13.6. The largest absolute Gasteiger partial charge is 0.497 e. The summed E-state index contributed by atoms with van der Waals surface area (Å²) in [7, 11) is 1.61. The summed E-state index contributed by atoms with van der Waals surface area (Å²) < 4.78 is 5.08. The van der Waals surface area contributed by atoms with Crippen LogP contribution in [0.3, 0.4) is 0 Å². The van der Waals surface area contributed by atoms with Gasteiger partial charge in [-0.1, -0.05) is 29.8 Å². The second kappa shape index (κ2) is 8.36. The van der Waals surface area contributed by atoms with Crippen molar-refractivity contribution in [3.8, 4) is 5.75 Å². The molecule has 2 aromatic rings. The van der Waals surface area contributed by atoms with Crippen molar-refractivity contribution in [3.05, 3.63) is 58.6 Å². The fourth-order valence-electron chi connectivity index (χ4n) is 2.05. The molecule has 0 radical (unpaired) electrons. The minimum Gasteiger partial charge on any atom is -0.497 e. The van der Waals surface area contributed by atoms with Gasteiger partial charge in [-0.2, -0.15) is 0 Å². The number of hydrogen-bond donors (Lipinski definition) is 2. The summed E-state index contributed by atoms with van der Waals surface area (Å²) in [6.45, 7) is 2.23. The standard InChI is InChI=1S/C18H19ClN2O3/c1-12-3-6-14(11-16(12)19)21-18(23)17(22)20-10-9-13-4-7-15(24-2)8-5-13/h3-8,11H,9-10H2,1-2H3,(H,20,22)(H,21,23). The molecule has 0 aliphatic carbocycles. The molecule has 0 saturated heterocycles. The van der Waals surface area contributed by atoms with Gasteiger partial charge in [0, 0.05) is 17.3 Å². The molecule has 0 fully saturated rings. The number of ether oxygens (including phenoxy) is 1. The van der Waals surface area contributed by atoms with Gasteiger partial charge in [0.25, 0.3) is 0 Å². The molecule has 0 aromatic heterocycles. The van der Waals surface area contributed by atoms with Gasteiger partial charge in [0.15, 0.2) is 0 Å². The SMILES string of the molecule is COc1ccc(CCNC(=O)C(=O)Nc2ccc(C)c(Cl)c2)cc1. The first-order chi connectivity index (χ1) is 11.5. The molecule has 2 amide bonds. The Morgan fingerprint density at radius 3 is 2.42 bits per heavy atom. The van der Waals surface area contributed by atoms with E-state index in [-0.39, 0.29) is 0 Å². The van der Waals surface area contributed by atoms with Crippen molar-refractivity contribution in [2.75, 3.05) is 19.0 Å². The maximum absolute atomic E-state index is 11.9. The fourth-order valence-corrected chi connectivity index (χ4v) is 2.23. The van der Waals surface area contributed by atoms with Crippen LogP contribution in [0.25, 0.3) is 0 Å². The molecule has 126 valence electrons. The van der Waals surface area contributed by atoms with Gasteiger partial charge in [0.1, 0.15) is 5.75 Å². The Hall–Kier alpha value is -2.53. The van der Waals surface area contributed by atoms with E-state index in [0.717, 1.165) is 16.9 Å². The summed E-state index contributed by atoms with van der Waals surface area (Å²) >= 11 is 5.99. The maximum Gasteiger partial charge on any atom is 0.313 e. The van der Waals surface area contributed by atoms with Crippen LogP contribution >= 0.6 is 11.6 Å². The molecule has 0 aliphatic rings. The van der Waals surface area contributed by atoms with E-state index in [0.29, 0.717) is 23.7 Å². The van der Waals surface area contributed by atoms with Gasteiger partial charge in [0.05, 0.1) is 7.11 Å². The lowest BCUT2D eigenvalue weighted by Gasteiger charge is -2.08. The van der Waals surface area contributed by atoms with E-state index in [4.69, 9.17) is 16.3 Å². The quantitative estimate of drug-likeness (QED) is 0.818. The van der Waals surface area contributed by atoms with E-state index >= 15 is 0 Å². The monoisotopic (exact) mass is 346 g/mol. The van der Waals surface area contributed by atoms with Crippen LogP contribution in [-0.2, 0) is 16.0 Å². The highest BCUT2D eigenvalue weighted by atomic mass is 35.5. The van der Waals surface area contributed by atoms with Gasteiger partial charge in [-0.15, -0.1) is 0 Å². The maximum atomic E-state index is 11.9. The fraction of sp³-hybridized carbons (Fsp3) is 0.222. The third-order valence-electron chi connectivity index (χ3n) is 3.49. The Morgan fingerprint density at radius 2 is 1.79 bits per heavy atom. The van der Waals surface area contributed by atoms with Crippen molar-refractivity contribution in [1.82, 2.24) is 5.32 Å². The molecule has 5 nitrogen and oxygen atoms in total. The number of methoxy groups -OCH3 is 1. The second-order valence-corrected chi connectivity index (χ2v) is 5.68. The third kappa shape index (κ3) is 4.99. The molecule has 0 bridgehead atoms. The molecule has 24 heavy (non-hydrogen) atoms. The van der Waals surface area contributed by atoms with Crippen molar-refractivity contribution >= 4 is 29.1 Å². The summed E-state index contributed by atoms with van der Waals surface area (Å²) in [4.78, 5) is 23.7. The van der Waals surface area contributed by atoms with Crippen molar-refractivity contribution in [2.45, 2.75) is 13.3 Å². The molecule has 0 saturated carbocycles. The summed E-state index contributed by atoms with van der Waals surface area (Å²) in [6, 6.07) is 12.6. The second-order valence-electron chi connectivity index (χ2n) is 5.27. The Balaban J connectivity index is 1.80. The van der Waals surface area contributed by atoms with E-state index in [1.165, 1.54) is 0 Å². The highest BCUT2D eigenvalue weighted by molar-refractivity contribution is 6.39. The first kappa shape index (κ1) is 17.8. The van der Waals surface area contributed by atoms with Crippen molar-refractivity contribution in [2.24, 2.45) is 0 Å². The van der Waals surface area contributed by atoms with Gasteiger partial charge < -0.3 is 15.4 Å². The third-order valence-corrected chi connectivity index (χ3v) is 3.90. The van der Waals surface area contributed by atoms with Gasteiger partial charge in [0.2, 0.25) is 0 Å². The predicted octanol–water partition coefficient (Wildman–Crippen LogP) is 2.95. The number of amides is 2. The highest BCUT2D eigenvalue weighted by Crippen LogP contribution is 2.19. The molecule has 0 aliphatic heterocycles. The Bertz CT molecular complexity index is 730. The van der Waals surface area contributed by atoms with E-state index in [9.17, 15) is 9.59 Å². The topological polar surface area (TPSA) is 67.4 Å². The molecular weight excluding hydrogens is 328 g/mol. The van der Waals surface area contributed by atoms with E-state index in [1.807, 2.05) is 31.2 Å². The minimum absolute atomic E-state index is 0.368. The van der Waals surface area contributed by atoms with Crippen LogP contribution in [0.4, 0.5) is 5.69 Å². The lowest BCUT2D eigenvalue weighted by molar-refractivity contribution is -0.136. The Labute approximate surface area is 146 Å². The zero-order chi connectivity index (χ0) is 17.5. The smallest absolute Gasteiger partial charge is 0.313 e. The van der Waals surface area contributed by atoms with Crippen molar-refractivity contribution in [3.63, 3.8) is 0 Å². The lowest BCUT2D eigenvalue weighted by Crippen LogP contribution is -2.36. The molecule has 0 spiro atoms. The number of benzene rings is 2. The molecule has 2 aromatic carbocycles. The molecular formula is C18H19ClN2O3. The van der Waals surface area contributed by atoms with E-state index in [1.54, 1.807) is 25.3 Å². The molecule has 0 heterocycles. The molecule has 0 atom stereocenters.